The van der Waals surface area contributed by atoms with Crippen molar-refractivity contribution in [3.05, 3.63) is 11.6 Å². The monoisotopic (exact) mass is 282 g/mol. The number of thiazole rings is 1. The van der Waals surface area contributed by atoms with Crippen molar-refractivity contribution in [1.29, 1.82) is 5.41 Å². The van der Waals surface area contributed by atoms with Crippen molar-refractivity contribution in [3.8, 4) is 0 Å². The number of rotatable bonds is 7. The second kappa shape index (κ2) is 7.59. The van der Waals surface area contributed by atoms with E-state index in [9.17, 15) is 4.79 Å². The van der Waals surface area contributed by atoms with E-state index < -0.39 is 0 Å². The topological polar surface area (TPSA) is 84.7 Å². The highest BCUT2D eigenvalue weighted by molar-refractivity contribution is 7.13. The van der Waals surface area contributed by atoms with Crippen LogP contribution in [0.3, 0.4) is 0 Å². The van der Waals surface area contributed by atoms with Crippen LogP contribution in [0.1, 0.15) is 13.8 Å². The molecule has 1 rings (SSSR count). The molecule has 0 unspecified atom stereocenters. The maximum atomic E-state index is 11.1. The standard InChI is InChI=1S/C11H18N6OS/c1-4-16(3)17(5-2)10(12)9(8-18)14-15-11-13-6-7-19-11/h6-8,12H,4-5H2,1-3H3,(H,13,15). The van der Waals surface area contributed by atoms with Crippen LogP contribution in [-0.2, 0) is 4.79 Å². The van der Waals surface area contributed by atoms with Crippen molar-refractivity contribution in [1.82, 2.24) is 15.0 Å². The normalized spacial score (nSPS) is 11.5. The Morgan fingerprint density at radius 3 is 2.79 bits per heavy atom. The smallest absolute Gasteiger partial charge is 0.203 e. The number of carbonyl (C=O) groups is 1. The van der Waals surface area contributed by atoms with E-state index >= 15 is 0 Å². The summed E-state index contributed by atoms with van der Waals surface area (Å²) in [4.78, 5) is 15.1. The lowest BCUT2D eigenvalue weighted by atomic mass is 10.3. The van der Waals surface area contributed by atoms with E-state index in [0.29, 0.717) is 18.0 Å². The van der Waals surface area contributed by atoms with Gasteiger partial charge < -0.3 is 0 Å². The zero-order valence-electron chi connectivity index (χ0n) is 11.3. The molecule has 0 fully saturated rings. The third kappa shape index (κ3) is 4.11. The van der Waals surface area contributed by atoms with Crippen molar-refractivity contribution in [2.75, 3.05) is 25.6 Å². The SMILES string of the molecule is CCN(C)N(CC)C(=N)C(C=O)=NNc1nccs1. The van der Waals surface area contributed by atoms with Gasteiger partial charge in [0.25, 0.3) is 0 Å². The summed E-state index contributed by atoms with van der Waals surface area (Å²) in [5.74, 6) is 0.0610. The van der Waals surface area contributed by atoms with Gasteiger partial charge in [0, 0.05) is 31.7 Å². The quantitative estimate of drug-likeness (QED) is 0.340. The van der Waals surface area contributed by atoms with Crippen molar-refractivity contribution in [3.63, 3.8) is 0 Å². The average Bonchev–Trinajstić information content (AvgIpc) is 2.93. The molecule has 19 heavy (non-hydrogen) atoms. The molecular weight excluding hydrogens is 264 g/mol. The lowest BCUT2D eigenvalue weighted by molar-refractivity contribution is -0.102. The summed E-state index contributed by atoms with van der Waals surface area (Å²) in [5, 5.41) is 17.9. The minimum atomic E-state index is 0.0392. The van der Waals surface area contributed by atoms with Gasteiger partial charge in [-0.25, -0.2) is 9.99 Å². The van der Waals surface area contributed by atoms with Crippen LogP contribution in [0.25, 0.3) is 0 Å². The van der Waals surface area contributed by atoms with E-state index in [1.165, 1.54) is 11.3 Å². The van der Waals surface area contributed by atoms with Gasteiger partial charge >= 0.3 is 0 Å². The predicted octanol–water partition coefficient (Wildman–Crippen LogP) is 1.28. The molecule has 7 nitrogen and oxygen atoms in total. The summed E-state index contributed by atoms with van der Waals surface area (Å²) >= 11 is 1.37. The van der Waals surface area contributed by atoms with Gasteiger partial charge in [0.1, 0.15) is 0 Å². The first-order valence-electron chi connectivity index (χ1n) is 5.89. The fourth-order valence-corrected chi connectivity index (χ4v) is 1.87. The highest BCUT2D eigenvalue weighted by atomic mass is 32.1. The van der Waals surface area contributed by atoms with Crippen molar-refractivity contribution in [2.45, 2.75) is 13.8 Å². The Morgan fingerprint density at radius 2 is 2.32 bits per heavy atom. The van der Waals surface area contributed by atoms with Crippen LogP contribution in [0.5, 0.6) is 0 Å². The lowest BCUT2D eigenvalue weighted by Crippen LogP contribution is -2.47. The highest BCUT2D eigenvalue weighted by Gasteiger charge is 2.17. The molecule has 0 aliphatic rings. The fourth-order valence-electron chi connectivity index (χ4n) is 1.40. The van der Waals surface area contributed by atoms with E-state index in [1.54, 1.807) is 16.6 Å². The number of nitrogens with one attached hydrogen (secondary N) is 2. The van der Waals surface area contributed by atoms with Crippen LogP contribution in [0.15, 0.2) is 16.7 Å². The third-order valence-electron chi connectivity index (χ3n) is 2.49. The number of hydrogen-bond acceptors (Lipinski definition) is 7. The highest BCUT2D eigenvalue weighted by Crippen LogP contribution is 2.10. The third-order valence-corrected chi connectivity index (χ3v) is 3.16. The van der Waals surface area contributed by atoms with Gasteiger partial charge in [-0.05, 0) is 6.92 Å². The molecule has 104 valence electrons. The summed E-state index contributed by atoms with van der Waals surface area (Å²) in [5.41, 5.74) is 2.71. The first kappa shape index (κ1) is 15.3. The Balaban J connectivity index is 2.80. The maximum Gasteiger partial charge on any atom is 0.203 e. The van der Waals surface area contributed by atoms with E-state index in [-0.39, 0.29) is 11.5 Å². The number of hydrazine groups is 1. The summed E-state index contributed by atoms with van der Waals surface area (Å²) in [6.07, 6.45) is 2.20. The Morgan fingerprint density at radius 1 is 1.58 bits per heavy atom. The zero-order chi connectivity index (χ0) is 14.3. The molecular formula is C11H18N6OS. The molecule has 0 aromatic carbocycles. The van der Waals surface area contributed by atoms with E-state index in [0.717, 1.165) is 6.54 Å². The number of carbonyl (C=O) groups excluding carboxylic acids is 1. The molecule has 0 saturated heterocycles. The number of hydrogen-bond donors (Lipinski definition) is 2. The fraction of sp³-hybridized carbons (Fsp3) is 0.455. The number of amidine groups is 1. The zero-order valence-corrected chi connectivity index (χ0v) is 12.1. The van der Waals surface area contributed by atoms with Crippen LogP contribution in [0, 0.1) is 5.41 Å². The first-order chi connectivity index (χ1) is 9.13. The Bertz CT molecular complexity index is 444. The van der Waals surface area contributed by atoms with Crippen LogP contribution >= 0.6 is 11.3 Å². The summed E-state index contributed by atoms with van der Waals surface area (Å²) < 4.78 is 0. The molecule has 1 aromatic heterocycles. The van der Waals surface area contributed by atoms with Gasteiger partial charge in [-0.2, -0.15) is 5.10 Å². The minimum absolute atomic E-state index is 0.0392. The maximum absolute atomic E-state index is 11.1. The Hall–Kier alpha value is -1.80. The van der Waals surface area contributed by atoms with Gasteiger partial charge in [0.15, 0.2) is 17.8 Å². The molecule has 0 atom stereocenters. The van der Waals surface area contributed by atoms with Gasteiger partial charge in [-0.1, -0.05) is 6.92 Å². The Kier molecular flexibility index (Phi) is 6.10. The van der Waals surface area contributed by atoms with Gasteiger partial charge in [-0.3, -0.25) is 20.6 Å². The molecule has 2 N–H and O–H groups in total. The number of aldehydes is 1. The van der Waals surface area contributed by atoms with E-state index in [2.05, 4.69) is 15.5 Å². The molecule has 0 spiro atoms. The molecule has 1 aromatic rings. The minimum Gasteiger partial charge on any atom is -0.296 e. The predicted molar refractivity (Wildman–Crippen MR) is 77.6 cm³/mol. The molecule has 0 aliphatic heterocycles. The number of nitrogens with zero attached hydrogens (tertiary/aromatic N) is 4. The van der Waals surface area contributed by atoms with Crippen LogP contribution < -0.4 is 5.43 Å². The lowest BCUT2D eigenvalue weighted by Gasteiger charge is -2.31. The number of aromatic nitrogens is 1. The average molecular weight is 282 g/mol. The van der Waals surface area contributed by atoms with Crippen molar-refractivity contribution < 1.29 is 4.79 Å². The molecule has 8 heteroatoms. The molecule has 0 aliphatic carbocycles. The molecule has 0 bridgehead atoms. The molecule has 0 amide bonds. The Labute approximate surface area is 116 Å². The van der Waals surface area contributed by atoms with Gasteiger partial charge in [0.05, 0.1) is 0 Å². The van der Waals surface area contributed by atoms with Crippen LogP contribution in [0.4, 0.5) is 5.13 Å². The molecule has 1 heterocycles. The summed E-state index contributed by atoms with van der Waals surface area (Å²) in [6.45, 7) is 5.22. The summed E-state index contributed by atoms with van der Waals surface area (Å²) in [7, 11) is 1.86. The summed E-state index contributed by atoms with van der Waals surface area (Å²) in [6, 6.07) is 0. The largest absolute Gasteiger partial charge is 0.296 e. The van der Waals surface area contributed by atoms with Gasteiger partial charge in [0.2, 0.25) is 5.13 Å². The number of hydrazone groups is 1. The second-order valence-corrected chi connectivity index (χ2v) is 4.50. The molecule has 0 radical (unpaired) electrons. The van der Waals surface area contributed by atoms with Crippen LogP contribution in [-0.4, -0.2) is 53.0 Å². The van der Waals surface area contributed by atoms with Crippen molar-refractivity contribution >= 4 is 34.3 Å². The van der Waals surface area contributed by atoms with E-state index in [1.807, 2.05) is 25.9 Å². The van der Waals surface area contributed by atoms with E-state index in [4.69, 9.17) is 5.41 Å². The second-order valence-electron chi connectivity index (χ2n) is 3.60. The molecule has 0 saturated carbocycles. The van der Waals surface area contributed by atoms with Crippen LogP contribution in [0.2, 0.25) is 0 Å². The van der Waals surface area contributed by atoms with Gasteiger partial charge in [-0.15, -0.1) is 11.3 Å². The number of anilines is 1. The first-order valence-corrected chi connectivity index (χ1v) is 6.77. The van der Waals surface area contributed by atoms with Crippen molar-refractivity contribution in [2.24, 2.45) is 5.10 Å².